The molecule has 0 bridgehead atoms. The van der Waals surface area contributed by atoms with Crippen molar-refractivity contribution in [3.8, 4) is 5.75 Å². The lowest BCUT2D eigenvalue weighted by Gasteiger charge is -2.11. The number of ether oxygens (including phenoxy) is 2. The third kappa shape index (κ3) is 5.19. The fraction of sp³-hybridized carbons (Fsp3) is 0.235. The van der Waals surface area contributed by atoms with Gasteiger partial charge in [-0.3, -0.25) is 0 Å². The van der Waals surface area contributed by atoms with Crippen molar-refractivity contribution in [2.24, 2.45) is 0 Å². The van der Waals surface area contributed by atoms with E-state index in [2.05, 4.69) is 0 Å². The van der Waals surface area contributed by atoms with E-state index in [1.54, 1.807) is 24.3 Å². The fourth-order valence-electron chi connectivity index (χ4n) is 1.88. The Morgan fingerprint density at radius 1 is 1.00 bits per heavy atom. The summed E-state index contributed by atoms with van der Waals surface area (Å²) in [5, 5.41) is 0.610. The molecule has 0 spiro atoms. The van der Waals surface area contributed by atoms with Gasteiger partial charge < -0.3 is 9.47 Å². The number of carbonyl (C=O) groups excluding carboxylic acids is 1. The number of nitrogens with zero attached hydrogens (tertiary/aromatic N) is 1. The van der Waals surface area contributed by atoms with Gasteiger partial charge in [0, 0.05) is 19.1 Å². The molecule has 0 unspecified atom stereocenters. The Labute approximate surface area is 152 Å². The number of rotatable bonds is 7. The molecule has 0 saturated carbocycles. The third-order valence-corrected chi connectivity index (χ3v) is 5.35. The molecule has 134 valence electrons. The van der Waals surface area contributed by atoms with E-state index < -0.39 is 16.0 Å². The first-order valence-corrected chi connectivity index (χ1v) is 9.20. The van der Waals surface area contributed by atoms with Crippen LogP contribution < -0.4 is 4.74 Å². The molecule has 0 amide bonds. The largest absolute Gasteiger partial charge is 0.490 e. The van der Waals surface area contributed by atoms with Gasteiger partial charge in [0.25, 0.3) is 0 Å². The lowest BCUT2D eigenvalue weighted by molar-refractivity contribution is 0.0450. The Balaban J connectivity index is 1.85. The van der Waals surface area contributed by atoms with Crippen LogP contribution in [0.5, 0.6) is 5.75 Å². The number of hydrogen-bond acceptors (Lipinski definition) is 5. The van der Waals surface area contributed by atoms with Crippen molar-refractivity contribution in [3.05, 3.63) is 59.1 Å². The highest BCUT2D eigenvalue weighted by Crippen LogP contribution is 2.16. The van der Waals surface area contributed by atoms with Crippen molar-refractivity contribution in [2.45, 2.75) is 4.90 Å². The van der Waals surface area contributed by atoms with Gasteiger partial charge in [0.15, 0.2) is 0 Å². The summed E-state index contributed by atoms with van der Waals surface area (Å²) in [5.74, 6) is 0.0761. The van der Waals surface area contributed by atoms with Crippen LogP contribution in [-0.2, 0) is 14.8 Å². The average Bonchev–Trinajstić information content (AvgIpc) is 2.60. The van der Waals surface area contributed by atoms with Gasteiger partial charge in [0.1, 0.15) is 19.0 Å². The lowest BCUT2D eigenvalue weighted by Crippen LogP contribution is -2.22. The predicted molar refractivity (Wildman–Crippen MR) is 94.5 cm³/mol. The van der Waals surface area contributed by atoms with Crippen molar-refractivity contribution in [1.29, 1.82) is 0 Å². The maximum atomic E-state index is 12.0. The van der Waals surface area contributed by atoms with E-state index in [1.807, 2.05) is 0 Å². The van der Waals surface area contributed by atoms with Crippen LogP contribution in [0, 0.1) is 0 Å². The highest BCUT2D eigenvalue weighted by atomic mass is 35.5. The van der Waals surface area contributed by atoms with Gasteiger partial charge in [0.2, 0.25) is 10.0 Å². The monoisotopic (exact) mass is 383 g/mol. The minimum Gasteiger partial charge on any atom is -0.490 e. The van der Waals surface area contributed by atoms with E-state index in [4.69, 9.17) is 21.1 Å². The van der Waals surface area contributed by atoms with Crippen molar-refractivity contribution >= 4 is 27.6 Å². The molecule has 0 aromatic heterocycles. The van der Waals surface area contributed by atoms with Crippen LogP contribution in [0.2, 0.25) is 5.02 Å². The first kappa shape index (κ1) is 19.2. The molecule has 0 saturated heterocycles. The molecule has 0 heterocycles. The number of esters is 1. The van der Waals surface area contributed by atoms with Crippen LogP contribution in [-0.4, -0.2) is 46.0 Å². The summed E-state index contributed by atoms with van der Waals surface area (Å²) in [6, 6.07) is 12.4. The number of hydrogen-bond donors (Lipinski definition) is 0. The minimum absolute atomic E-state index is 0.0687. The molecule has 0 N–H and O–H groups in total. The Hall–Kier alpha value is -2.09. The van der Waals surface area contributed by atoms with Crippen LogP contribution in [0.1, 0.15) is 10.4 Å². The van der Waals surface area contributed by atoms with Crippen molar-refractivity contribution in [3.63, 3.8) is 0 Å². The molecule has 2 aromatic carbocycles. The molecule has 8 heteroatoms. The predicted octanol–water partition coefficient (Wildman–Crippen LogP) is 2.83. The van der Waals surface area contributed by atoms with Crippen molar-refractivity contribution < 1.29 is 22.7 Å². The lowest BCUT2D eigenvalue weighted by atomic mass is 10.2. The van der Waals surface area contributed by atoms with Crippen LogP contribution in [0.15, 0.2) is 53.4 Å². The second kappa shape index (κ2) is 8.33. The molecule has 25 heavy (non-hydrogen) atoms. The number of benzene rings is 2. The van der Waals surface area contributed by atoms with E-state index in [1.165, 1.54) is 38.4 Å². The second-order valence-corrected chi connectivity index (χ2v) is 7.84. The van der Waals surface area contributed by atoms with Crippen LogP contribution in [0.3, 0.4) is 0 Å². The first-order chi connectivity index (χ1) is 11.8. The van der Waals surface area contributed by atoms with Gasteiger partial charge in [-0.15, -0.1) is 0 Å². The molecular formula is C17H18ClNO5S. The van der Waals surface area contributed by atoms with E-state index in [0.29, 0.717) is 10.8 Å². The van der Waals surface area contributed by atoms with E-state index in [-0.39, 0.29) is 23.7 Å². The van der Waals surface area contributed by atoms with Gasteiger partial charge in [-0.1, -0.05) is 11.6 Å². The van der Waals surface area contributed by atoms with Gasteiger partial charge in [-0.05, 0) is 48.5 Å². The number of halogens is 1. The quantitative estimate of drug-likeness (QED) is 0.543. The van der Waals surface area contributed by atoms with Crippen LogP contribution >= 0.6 is 11.6 Å². The summed E-state index contributed by atoms with van der Waals surface area (Å²) in [6.45, 7) is 0.264. The third-order valence-electron chi connectivity index (χ3n) is 3.27. The summed E-state index contributed by atoms with van der Waals surface area (Å²) in [6.07, 6.45) is 0. The summed E-state index contributed by atoms with van der Waals surface area (Å²) in [7, 11) is -0.637. The van der Waals surface area contributed by atoms with E-state index >= 15 is 0 Å². The number of carbonyl (C=O) groups is 1. The molecule has 0 aliphatic rings. The zero-order valence-electron chi connectivity index (χ0n) is 13.8. The molecule has 0 fully saturated rings. The van der Waals surface area contributed by atoms with Gasteiger partial charge in [-0.25, -0.2) is 17.5 Å². The molecular weight excluding hydrogens is 366 g/mol. The zero-order chi connectivity index (χ0) is 18.4. The van der Waals surface area contributed by atoms with E-state index in [0.717, 1.165) is 4.31 Å². The normalized spacial score (nSPS) is 11.4. The van der Waals surface area contributed by atoms with Gasteiger partial charge >= 0.3 is 5.97 Å². The second-order valence-electron chi connectivity index (χ2n) is 5.25. The molecule has 2 aromatic rings. The van der Waals surface area contributed by atoms with Crippen LogP contribution in [0.25, 0.3) is 0 Å². The Morgan fingerprint density at radius 3 is 2.16 bits per heavy atom. The molecule has 0 aliphatic carbocycles. The molecule has 6 nitrogen and oxygen atoms in total. The Bertz CT molecular complexity index is 817. The van der Waals surface area contributed by atoms with Gasteiger partial charge in [-0.2, -0.15) is 0 Å². The first-order valence-electron chi connectivity index (χ1n) is 7.39. The summed E-state index contributed by atoms with van der Waals surface area (Å²) < 4.78 is 35.5. The Morgan fingerprint density at radius 2 is 1.60 bits per heavy atom. The fourth-order valence-corrected chi connectivity index (χ4v) is 2.91. The van der Waals surface area contributed by atoms with Crippen LogP contribution in [0.4, 0.5) is 0 Å². The minimum atomic E-state index is -3.52. The van der Waals surface area contributed by atoms with Gasteiger partial charge in [0.05, 0.1) is 10.5 Å². The summed E-state index contributed by atoms with van der Waals surface area (Å²) in [4.78, 5) is 12.1. The molecule has 2 rings (SSSR count). The average molecular weight is 384 g/mol. The maximum Gasteiger partial charge on any atom is 0.338 e. The number of sulfonamides is 1. The Kier molecular flexibility index (Phi) is 6.41. The van der Waals surface area contributed by atoms with E-state index in [9.17, 15) is 13.2 Å². The molecule has 0 aliphatic heterocycles. The molecule has 0 radical (unpaired) electrons. The topological polar surface area (TPSA) is 72.9 Å². The zero-order valence-corrected chi connectivity index (χ0v) is 15.4. The smallest absolute Gasteiger partial charge is 0.338 e. The maximum absolute atomic E-state index is 12.0. The highest BCUT2D eigenvalue weighted by molar-refractivity contribution is 7.89. The van der Waals surface area contributed by atoms with Crippen molar-refractivity contribution in [1.82, 2.24) is 4.31 Å². The van der Waals surface area contributed by atoms with Crippen molar-refractivity contribution in [2.75, 3.05) is 27.3 Å². The standard InChI is InChI=1S/C17H18ClNO5S/c1-19(2)25(21,22)16-9-3-13(4-10-16)17(20)24-12-11-23-15-7-5-14(18)6-8-15/h3-10H,11-12H2,1-2H3. The SMILES string of the molecule is CN(C)S(=O)(=O)c1ccc(C(=O)OCCOc2ccc(Cl)cc2)cc1. The molecule has 0 atom stereocenters. The summed E-state index contributed by atoms with van der Waals surface area (Å²) >= 11 is 5.77. The summed E-state index contributed by atoms with van der Waals surface area (Å²) in [5.41, 5.74) is 0.268. The highest BCUT2D eigenvalue weighted by Gasteiger charge is 2.17.